The summed E-state index contributed by atoms with van der Waals surface area (Å²) in [5.74, 6) is -3.44. The summed E-state index contributed by atoms with van der Waals surface area (Å²) in [5, 5.41) is 15.8. The van der Waals surface area contributed by atoms with Crippen molar-refractivity contribution in [2.75, 3.05) is 25.3 Å². The lowest BCUT2D eigenvalue weighted by Crippen LogP contribution is -2.44. The molecule has 0 bridgehead atoms. The topological polar surface area (TPSA) is 118 Å². The van der Waals surface area contributed by atoms with Gasteiger partial charge in [0.25, 0.3) is 0 Å². The highest BCUT2D eigenvalue weighted by molar-refractivity contribution is 9.10. The van der Waals surface area contributed by atoms with E-state index in [2.05, 4.69) is 32.6 Å². The zero-order valence-electron chi connectivity index (χ0n) is 18.1. The molecular formula is C23H19BrClN3O5S. The zero-order chi connectivity index (χ0) is 24.8. The lowest BCUT2D eigenvalue weighted by Gasteiger charge is -2.31. The van der Waals surface area contributed by atoms with Gasteiger partial charge in [0, 0.05) is 10.4 Å². The first-order valence-corrected chi connectivity index (χ1v) is 12.0. The minimum Gasteiger partial charge on any atom is -0.497 e. The van der Waals surface area contributed by atoms with Crippen molar-refractivity contribution in [1.82, 2.24) is 5.32 Å². The maximum atomic E-state index is 12.9. The minimum absolute atomic E-state index is 0.106. The van der Waals surface area contributed by atoms with E-state index in [9.17, 15) is 19.6 Å². The number of rotatable bonds is 7. The van der Waals surface area contributed by atoms with Gasteiger partial charge in [0.2, 0.25) is 11.8 Å². The van der Waals surface area contributed by atoms with Crippen molar-refractivity contribution in [3.63, 3.8) is 0 Å². The van der Waals surface area contributed by atoms with E-state index >= 15 is 0 Å². The Morgan fingerprint density at radius 2 is 1.94 bits per heavy atom. The molecule has 2 aromatic carbocycles. The van der Waals surface area contributed by atoms with E-state index in [0.717, 1.165) is 16.2 Å². The lowest BCUT2D eigenvalue weighted by molar-refractivity contribution is -0.150. The lowest BCUT2D eigenvalue weighted by atomic mass is 9.78. The Bertz CT molecular complexity index is 1200. The first-order chi connectivity index (χ1) is 16.3. The number of carbonyl (C=O) groups excluding carboxylic acids is 3. The van der Waals surface area contributed by atoms with E-state index < -0.39 is 23.7 Å². The highest BCUT2D eigenvalue weighted by atomic mass is 79.9. The fourth-order valence-electron chi connectivity index (χ4n) is 3.41. The predicted molar refractivity (Wildman–Crippen MR) is 132 cm³/mol. The Labute approximate surface area is 213 Å². The smallest absolute Gasteiger partial charge is 0.319 e. The molecule has 0 aromatic heterocycles. The molecule has 34 heavy (non-hydrogen) atoms. The van der Waals surface area contributed by atoms with Crippen molar-refractivity contribution in [2.45, 2.75) is 5.92 Å². The first-order valence-electron chi connectivity index (χ1n) is 9.83. The van der Waals surface area contributed by atoms with Crippen molar-refractivity contribution in [3.8, 4) is 11.8 Å². The molecule has 0 saturated carbocycles. The summed E-state index contributed by atoms with van der Waals surface area (Å²) in [6.45, 7) is 0. The fraction of sp³-hybridized carbons (Fsp3) is 0.217. The third kappa shape index (κ3) is 5.73. The average Bonchev–Trinajstić information content (AvgIpc) is 2.83. The van der Waals surface area contributed by atoms with Crippen molar-refractivity contribution in [3.05, 3.63) is 68.1 Å². The average molecular weight is 565 g/mol. The summed E-state index contributed by atoms with van der Waals surface area (Å²) in [6, 6.07) is 13.8. The Morgan fingerprint density at radius 1 is 1.24 bits per heavy atom. The van der Waals surface area contributed by atoms with E-state index in [4.69, 9.17) is 21.1 Å². The summed E-state index contributed by atoms with van der Waals surface area (Å²) >= 11 is 10.4. The van der Waals surface area contributed by atoms with Crippen LogP contribution in [-0.2, 0) is 19.1 Å². The summed E-state index contributed by atoms with van der Waals surface area (Å²) in [6.07, 6.45) is 0. The Balaban J connectivity index is 1.89. The largest absolute Gasteiger partial charge is 0.497 e. The fourth-order valence-corrected chi connectivity index (χ4v) is 4.97. The molecule has 2 N–H and O–H groups in total. The number of esters is 1. The number of methoxy groups -OCH3 is 2. The predicted octanol–water partition coefficient (Wildman–Crippen LogP) is 4.22. The molecular weight excluding hydrogens is 546 g/mol. The molecule has 0 fully saturated rings. The number of halogens is 2. The number of amides is 2. The highest BCUT2D eigenvalue weighted by Gasteiger charge is 2.44. The second-order valence-corrected chi connectivity index (χ2v) is 9.37. The van der Waals surface area contributed by atoms with E-state index in [1.54, 1.807) is 42.5 Å². The molecule has 1 aliphatic rings. The number of hydrogen-bond acceptors (Lipinski definition) is 7. The number of carbonyl (C=O) groups is 3. The molecule has 2 amide bonds. The van der Waals surface area contributed by atoms with E-state index in [1.165, 1.54) is 14.2 Å². The maximum Gasteiger partial charge on any atom is 0.319 e. The molecule has 2 aromatic rings. The SMILES string of the molecule is COC(=O)[C@@H]1C(=O)NC(SCC(=O)Nc2ccc(Br)cc2Cl)=C(C#N)[C@@H]1c1ccc(OC)cc1. The molecule has 0 spiro atoms. The van der Waals surface area contributed by atoms with Crippen molar-refractivity contribution in [2.24, 2.45) is 5.92 Å². The van der Waals surface area contributed by atoms with Gasteiger partial charge >= 0.3 is 5.97 Å². The third-order valence-electron chi connectivity index (χ3n) is 5.01. The van der Waals surface area contributed by atoms with Gasteiger partial charge in [0.1, 0.15) is 11.7 Å². The zero-order valence-corrected chi connectivity index (χ0v) is 21.2. The molecule has 8 nitrogen and oxygen atoms in total. The number of thioether (sulfide) groups is 1. The van der Waals surface area contributed by atoms with Crippen LogP contribution in [0.3, 0.4) is 0 Å². The van der Waals surface area contributed by atoms with Crippen LogP contribution in [0.25, 0.3) is 0 Å². The van der Waals surface area contributed by atoms with Gasteiger partial charge in [-0.15, -0.1) is 0 Å². The standard InChI is InChI=1S/C23H19BrClN3O5S/c1-32-14-6-3-12(4-7-14)19-15(10-26)22(28-21(30)20(19)23(31)33-2)34-11-18(29)27-17-8-5-13(24)9-16(17)25/h3-9,19-20H,11H2,1-2H3,(H,27,29)(H,28,30)/t19-,20-/m0/s1. The van der Waals surface area contributed by atoms with Crippen molar-refractivity contribution < 1.29 is 23.9 Å². The van der Waals surface area contributed by atoms with Gasteiger partial charge in [0.05, 0.1) is 47.4 Å². The maximum absolute atomic E-state index is 12.9. The number of hydrogen-bond donors (Lipinski definition) is 2. The van der Waals surface area contributed by atoms with E-state index in [0.29, 0.717) is 22.0 Å². The van der Waals surface area contributed by atoms with Crippen LogP contribution in [-0.4, -0.2) is 37.8 Å². The quantitative estimate of drug-likeness (QED) is 0.382. The molecule has 1 heterocycles. The number of allylic oxidation sites excluding steroid dienone is 1. The number of benzene rings is 2. The van der Waals surface area contributed by atoms with Crippen LogP contribution in [0.4, 0.5) is 5.69 Å². The molecule has 2 atom stereocenters. The summed E-state index contributed by atoms with van der Waals surface area (Å²) in [5.41, 5.74) is 1.14. The number of anilines is 1. The van der Waals surface area contributed by atoms with Crippen LogP contribution in [0.2, 0.25) is 5.02 Å². The molecule has 1 aliphatic heterocycles. The molecule has 176 valence electrons. The van der Waals surface area contributed by atoms with Gasteiger partial charge in [-0.25, -0.2) is 0 Å². The third-order valence-corrected chi connectivity index (χ3v) is 6.83. The van der Waals surface area contributed by atoms with Crippen molar-refractivity contribution >= 4 is 62.8 Å². The minimum atomic E-state index is -1.26. The van der Waals surface area contributed by atoms with E-state index in [-0.39, 0.29) is 22.3 Å². The van der Waals surface area contributed by atoms with Gasteiger partial charge < -0.3 is 20.1 Å². The van der Waals surface area contributed by atoms with E-state index in [1.807, 2.05) is 0 Å². The van der Waals surface area contributed by atoms with Gasteiger partial charge in [-0.1, -0.05) is 51.4 Å². The van der Waals surface area contributed by atoms with Crippen molar-refractivity contribution in [1.29, 1.82) is 5.26 Å². The van der Waals surface area contributed by atoms with Gasteiger partial charge in [-0.05, 0) is 35.9 Å². The Morgan fingerprint density at radius 3 is 2.53 bits per heavy atom. The van der Waals surface area contributed by atoms with Crippen LogP contribution < -0.4 is 15.4 Å². The summed E-state index contributed by atoms with van der Waals surface area (Å²) in [4.78, 5) is 37.8. The van der Waals surface area contributed by atoms with Crippen LogP contribution in [0, 0.1) is 17.2 Å². The first kappa shape index (κ1) is 25.6. The highest BCUT2D eigenvalue weighted by Crippen LogP contribution is 2.40. The molecule has 3 rings (SSSR count). The van der Waals surface area contributed by atoms with Crippen LogP contribution in [0.15, 0.2) is 57.5 Å². The van der Waals surface area contributed by atoms with Crippen LogP contribution >= 0.6 is 39.3 Å². The molecule has 0 unspecified atom stereocenters. The van der Waals surface area contributed by atoms with Gasteiger partial charge in [0.15, 0.2) is 0 Å². The Kier molecular flexibility index (Phi) is 8.61. The summed E-state index contributed by atoms with van der Waals surface area (Å²) in [7, 11) is 2.69. The van der Waals surface area contributed by atoms with Gasteiger partial charge in [-0.3, -0.25) is 14.4 Å². The van der Waals surface area contributed by atoms with Gasteiger partial charge in [-0.2, -0.15) is 5.26 Å². The second-order valence-electron chi connectivity index (χ2n) is 7.06. The molecule has 0 radical (unpaired) electrons. The van der Waals surface area contributed by atoms with Crippen LogP contribution in [0.5, 0.6) is 5.75 Å². The normalized spacial score (nSPS) is 17.4. The number of ether oxygens (including phenoxy) is 2. The number of nitrogens with one attached hydrogen (secondary N) is 2. The molecule has 11 heteroatoms. The number of nitriles is 1. The Hall–Kier alpha value is -3.00. The monoisotopic (exact) mass is 563 g/mol. The summed E-state index contributed by atoms with van der Waals surface area (Å²) < 4.78 is 10.8. The van der Waals surface area contributed by atoms with Crippen LogP contribution in [0.1, 0.15) is 11.5 Å². The second kappa shape index (κ2) is 11.4. The molecule has 0 saturated heterocycles. The number of nitrogens with zero attached hydrogens (tertiary/aromatic N) is 1. The molecule has 0 aliphatic carbocycles.